The van der Waals surface area contributed by atoms with Gasteiger partial charge in [-0.05, 0) is 36.8 Å². The van der Waals surface area contributed by atoms with E-state index < -0.39 is 17.6 Å². The Morgan fingerprint density at radius 2 is 1.42 bits per heavy atom. The van der Waals surface area contributed by atoms with Crippen LogP contribution in [0.3, 0.4) is 0 Å². The fourth-order valence-corrected chi connectivity index (χ4v) is 3.57. The molecule has 4 rings (SSSR count). The van der Waals surface area contributed by atoms with Gasteiger partial charge in [0.15, 0.2) is 17.3 Å². The van der Waals surface area contributed by atoms with Gasteiger partial charge in [-0.2, -0.15) is 0 Å². The van der Waals surface area contributed by atoms with Crippen LogP contribution >= 0.6 is 0 Å². The van der Waals surface area contributed by atoms with Crippen molar-refractivity contribution in [3.63, 3.8) is 0 Å². The summed E-state index contributed by atoms with van der Waals surface area (Å²) in [6.07, 6.45) is 0.392. The summed E-state index contributed by atoms with van der Waals surface area (Å²) in [7, 11) is 0. The van der Waals surface area contributed by atoms with Crippen LogP contribution in [0.2, 0.25) is 0 Å². The summed E-state index contributed by atoms with van der Waals surface area (Å²) >= 11 is 0. The summed E-state index contributed by atoms with van der Waals surface area (Å²) in [5.41, 5.74) is 1.18. The molecule has 154 valence electrons. The lowest BCUT2D eigenvalue weighted by atomic mass is 9.82. The first-order valence-corrected chi connectivity index (χ1v) is 9.74. The second kappa shape index (κ2) is 8.44. The number of fused-ring (bicyclic) bond motifs is 2. The van der Waals surface area contributed by atoms with Crippen molar-refractivity contribution in [2.45, 2.75) is 12.8 Å². The molecule has 0 N–H and O–H groups in total. The summed E-state index contributed by atoms with van der Waals surface area (Å²) in [4.78, 5) is 50.4. The first kappa shape index (κ1) is 20.3. The highest BCUT2D eigenvalue weighted by molar-refractivity contribution is 6.30. The molecule has 0 bridgehead atoms. The number of Topliss-reactive ketones (excluding diaryl/α,β-unsaturated/α-hetero) is 1. The lowest BCUT2D eigenvalue weighted by Gasteiger charge is -2.19. The zero-order chi connectivity index (χ0) is 22.0. The molecule has 0 heterocycles. The Balaban J connectivity index is 1.44. The number of hydrogen-bond acceptors (Lipinski definition) is 5. The predicted octanol–water partition coefficient (Wildman–Crippen LogP) is 4.42. The molecule has 3 aromatic rings. The summed E-state index contributed by atoms with van der Waals surface area (Å²) < 4.78 is 18.2. The predicted molar refractivity (Wildman–Crippen MR) is 110 cm³/mol. The first-order valence-electron chi connectivity index (χ1n) is 9.74. The SMILES string of the molecule is O=C(CCCOC(=O)c1cccc2c1C(=O)c1ccccc1C2=O)c1ccc(F)cc1. The largest absolute Gasteiger partial charge is 0.462 e. The third-order valence-corrected chi connectivity index (χ3v) is 5.12. The van der Waals surface area contributed by atoms with Gasteiger partial charge in [0.1, 0.15) is 5.82 Å². The number of ketones is 3. The van der Waals surface area contributed by atoms with Crippen molar-refractivity contribution in [1.29, 1.82) is 0 Å². The molecule has 0 amide bonds. The molecule has 3 aromatic carbocycles. The molecule has 31 heavy (non-hydrogen) atoms. The molecule has 6 heteroatoms. The Morgan fingerprint density at radius 1 is 0.774 bits per heavy atom. The van der Waals surface area contributed by atoms with Gasteiger partial charge >= 0.3 is 5.97 Å². The highest BCUT2D eigenvalue weighted by atomic mass is 19.1. The van der Waals surface area contributed by atoms with Crippen LogP contribution < -0.4 is 0 Å². The molecule has 0 aromatic heterocycles. The fraction of sp³-hybridized carbons (Fsp3) is 0.120. The average molecular weight is 416 g/mol. The lowest BCUT2D eigenvalue weighted by molar-refractivity contribution is 0.0491. The van der Waals surface area contributed by atoms with Gasteiger partial charge in [-0.1, -0.05) is 36.4 Å². The summed E-state index contributed by atoms with van der Waals surface area (Å²) in [6, 6.07) is 16.2. The third kappa shape index (κ3) is 3.92. The molecule has 0 aliphatic heterocycles. The number of carbonyl (C=O) groups is 4. The Hall–Kier alpha value is -3.93. The van der Waals surface area contributed by atoms with Crippen LogP contribution in [0.5, 0.6) is 0 Å². The Labute approximate surface area is 177 Å². The molecule has 0 radical (unpaired) electrons. The summed E-state index contributed by atoms with van der Waals surface area (Å²) in [5.74, 6) is -2.06. The van der Waals surface area contributed by atoms with E-state index in [1.165, 1.54) is 42.5 Å². The monoisotopic (exact) mass is 416 g/mol. The van der Waals surface area contributed by atoms with Crippen molar-refractivity contribution in [2.24, 2.45) is 0 Å². The number of carbonyl (C=O) groups excluding carboxylic acids is 4. The number of esters is 1. The van der Waals surface area contributed by atoms with E-state index in [9.17, 15) is 23.6 Å². The highest BCUT2D eigenvalue weighted by Gasteiger charge is 2.33. The van der Waals surface area contributed by atoms with E-state index in [0.717, 1.165) is 0 Å². The van der Waals surface area contributed by atoms with Gasteiger partial charge in [0.25, 0.3) is 0 Å². The van der Waals surface area contributed by atoms with Crippen LogP contribution in [0.15, 0.2) is 66.7 Å². The zero-order valence-corrected chi connectivity index (χ0v) is 16.4. The second-order valence-corrected chi connectivity index (χ2v) is 7.10. The van der Waals surface area contributed by atoms with Gasteiger partial charge in [0.2, 0.25) is 0 Å². The number of halogens is 1. The van der Waals surface area contributed by atoms with Crippen LogP contribution in [-0.2, 0) is 4.74 Å². The van der Waals surface area contributed by atoms with Gasteiger partial charge in [-0.3, -0.25) is 14.4 Å². The minimum atomic E-state index is -0.730. The standard InChI is InChI=1S/C25H17FO5/c26-16-12-10-15(11-13-16)21(27)9-4-14-31-25(30)20-8-3-7-19-22(20)24(29)18-6-2-1-5-17(18)23(19)28/h1-3,5-8,10-13H,4,9,14H2. The van der Waals surface area contributed by atoms with Crippen LogP contribution in [0.4, 0.5) is 4.39 Å². The van der Waals surface area contributed by atoms with Gasteiger partial charge in [0, 0.05) is 34.2 Å². The summed E-state index contributed by atoms with van der Waals surface area (Å²) in [5, 5.41) is 0. The Bertz CT molecular complexity index is 1210. The third-order valence-electron chi connectivity index (χ3n) is 5.12. The van der Waals surface area contributed by atoms with Crippen molar-refractivity contribution < 1.29 is 28.3 Å². The minimum Gasteiger partial charge on any atom is -0.462 e. The zero-order valence-electron chi connectivity index (χ0n) is 16.4. The molecule has 0 saturated heterocycles. The average Bonchev–Trinajstić information content (AvgIpc) is 2.80. The van der Waals surface area contributed by atoms with Crippen molar-refractivity contribution in [1.82, 2.24) is 0 Å². The van der Waals surface area contributed by atoms with Gasteiger partial charge in [-0.25, -0.2) is 9.18 Å². The number of hydrogen-bond donors (Lipinski definition) is 0. The molecule has 0 saturated carbocycles. The van der Waals surface area contributed by atoms with E-state index in [-0.39, 0.29) is 53.3 Å². The van der Waals surface area contributed by atoms with Crippen molar-refractivity contribution in [3.8, 4) is 0 Å². The van der Waals surface area contributed by atoms with Crippen molar-refractivity contribution in [3.05, 3.63) is 106 Å². The van der Waals surface area contributed by atoms with Crippen LogP contribution in [0, 0.1) is 5.82 Å². The maximum atomic E-state index is 12.9. The maximum Gasteiger partial charge on any atom is 0.338 e. The molecular formula is C25H17FO5. The van der Waals surface area contributed by atoms with Crippen molar-refractivity contribution >= 4 is 23.3 Å². The van der Waals surface area contributed by atoms with Crippen LogP contribution in [0.1, 0.15) is 65.4 Å². The molecule has 0 unspecified atom stereocenters. The van der Waals surface area contributed by atoms with E-state index in [4.69, 9.17) is 4.74 Å². The van der Waals surface area contributed by atoms with E-state index in [1.807, 2.05) is 0 Å². The first-order chi connectivity index (χ1) is 15.0. The number of ether oxygens (including phenoxy) is 1. The highest BCUT2D eigenvalue weighted by Crippen LogP contribution is 2.29. The normalized spacial score (nSPS) is 12.2. The van der Waals surface area contributed by atoms with E-state index in [1.54, 1.807) is 24.3 Å². The molecule has 0 fully saturated rings. The van der Waals surface area contributed by atoms with Crippen molar-refractivity contribution in [2.75, 3.05) is 6.61 Å². The fourth-order valence-electron chi connectivity index (χ4n) is 3.57. The maximum absolute atomic E-state index is 12.9. The van der Waals surface area contributed by atoms with E-state index in [2.05, 4.69) is 0 Å². The number of rotatable bonds is 6. The van der Waals surface area contributed by atoms with Crippen LogP contribution in [-0.4, -0.2) is 29.9 Å². The quantitative estimate of drug-likeness (QED) is 0.264. The molecular weight excluding hydrogens is 399 g/mol. The Morgan fingerprint density at radius 3 is 2.13 bits per heavy atom. The van der Waals surface area contributed by atoms with E-state index in [0.29, 0.717) is 11.1 Å². The van der Waals surface area contributed by atoms with Gasteiger partial charge in [-0.15, -0.1) is 0 Å². The van der Waals surface area contributed by atoms with Gasteiger partial charge in [0.05, 0.1) is 12.2 Å². The molecule has 1 aliphatic rings. The van der Waals surface area contributed by atoms with Crippen LogP contribution in [0.25, 0.3) is 0 Å². The molecule has 5 nitrogen and oxygen atoms in total. The number of benzene rings is 3. The molecule has 1 aliphatic carbocycles. The molecule has 0 atom stereocenters. The summed E-state index contributed by atoms with van der Waals surface area (Å²) in [6.45, 7) is -0.0336. The lowest BCUT2D eigenvalue weighted by Crippen LogP contribution is -2.24. The second-order valence-electron chi connectivity index (χ2n) is 7.10. The smallest absolute Gasteiger partial charge is 0.338 e. The van der Waals surface area contributed by atoms with E-state index >= 15 is 0 Å². The Kier molecular flexibility index (Phi) is 5.54. The minimum absolute atomic E-state index is 0.0233. The topological polar surface area (TPSA) is 77.5 Å². The van der Waals surface area contributed by atoms with Gasteiger partial charge < -0.3 is 4.74 Å². The molecule has 0 spiro atoms.